The number of nitrogens with zero attached hydrogens (tertiary/aromatic N) is 1. The van der Waals surface area contributed by atoms with Crippen molar-refractivity contribution in [1.82, 2.24) is 10.2 Å². The first-order chi connectivity index (χ1) is 8.07. The molecule has 0 amide bonds. The molecule has 0 aromatic carbocycles. The van der Waals surface area contributed by atoms with Gasteiger partial charge in [-0.05, 0) is 39.8 Å². The lowest BCUT2D eigenvalue weighted by Crippen LogP contribution is -2.49. The highest BCUT2D eigenvalue weighted by Gasteiger charge is 2.27. The van der Waals surface area contributed by atoms with Crippen LogP contribution in [-0.4, -0.2) is 61.0 Å². The van der Waals surface area contributed by atoms with Crippen molar-refractivity contribution in [1.29, 1.82) is 0 Å². The molecule has 1 atom stereocenters. The van der Waals surface area contributed by atoms with E-state index in [-0.39, 0.29) is 18.2 Å². The third-order valence-electron chi connectivity index (χ3n) is 3.20. The number of rotatable bonds is 7. The normalized spacial score (nSPS) is 22.6. The molecular weight excluding hydrogens is 216 g/mol. The van der Waals surface area contributed by atoms with Crippen LogP contribution in [0.25, 0.3) is 0 Å². The molecule has 4 nitrogen and oxygen atoms in total. The number of morpholine rings is 1. The second-order valence-electron chi connectivity index (χ2n) is 5.51. The Morgan fingerprint density at radius 3 is 2.82 bits per heavy atom. The van der Waals surface area contributed by atoms with Gasteiger partial charge in [0, 0.05) is 19.1 Å². The lowest BCUT2D eigenvalue weighted by atomic mass is 10.1. The summed E-state index contributed by atoms with van der Waals surface area (Å²) in [5.41, 5.74) is -0.0240. The van der Waals surface area contributed by atoms with Crippen molar-refractivity contribution < 1.29 is 9.84 Å². The average molecular weight is 244 g/mol. The van der Waals surface area contributed by atoms with Gasteiger partial charge in [-0.15, -0.1) is 0 Å². The summed E-state index contributed by atoms with van der Waals surface area (Å²) in [7, 11) is 0. The molecule has 0 aliphatic carbocycles. The maximum absolute atomic E-state index is 9.28. The van der Waals surface area contributed by atoms with E-state index in [0.29, 0.717) is 0 Å². The largest absolute Gasteiger partial charge is 0.395 e. The Balaban J connectivity index is 2.23. The van der Waals surface area contributed by atoms with Crippen LogP contribution in [0.15, 0.2) is 0 Å². The molecule has 1 heterocycles. The van der Waals surface area contributed by atoms with Crippen LogP contribution in [0.5, 0.6) is 0 Å². The molecule has 0 radical (unpaired) electrons. The highest BCUT2D eigenvalue weighted by atomic mass is 16.5. The zero-order chi connectivity index (χ0) is 12.7. The van der Waals surface area contributed by atoms with Crippen molar-refractivity contribution in [3.8, 4) is 0 Å². The molecule has 0 spiro atoms. The lowest BCUT2D eigenvalue weighted by molar-refractivity contribution is -0.0866. The van der Waals surface area contributed by atoms with Gasteiger partial charge in [-0.3, -0.25) is 4.90 Å². The first-order valence-electron chi connectivity index (χ1n) is 6.78. The molecule has 1 rings (SSSR count). The van der Waals surface area contributed by atoms with Gasteiger partial charge < -0.3 is 15.2 Å². The van der Waals surface area contributed by atoms with E-state index in [1.165, 1.54) is 0 Å². The average Bonchev–Trinajstić information content (AvgIpc) is 2.28. The minimum absolute atomic E-state index is 0.0240. The Morgan fingerprint density at radius 1 is 1.47 bits per heavy atom. The Bertz CT molecular complexity index is 210. The molecule has 1 aliphatic heterocycles. The third-order valence-corrected chi connectivity index (χ3v) is 3.20. The highest BCUT2D eigenvalue weighted by Crippen LogP contribution is 2.16. The summed E-state index contributed by atoms with van der Waals surface area (Å²) in [4.78, 5) is 2.43. The van der Waals surface area contributed by atoms with Crippen molar-refractivity contribution >= 4 is 0 Å². The van der Waals surface area contributed by atoms with E-state index in [9.17, 15) is 5.11 Å². The molecule has 1 aliphatic rings. The minimum atomic E-state index is -0.0240. The first kappa shape index (κ1) is 14.9. The summed E-state index contributed by atoms with van der Waals surface area (Å²) in [5.74, 6) is 0. The summed E-state index contributed by atoms with van der Waals surface area (Å²) >= 11 is 0. The quantitative estimate of drug-likeness (QED) is 0.697. The number of hydrogen-bond donors (Lipinski definition) is 2. The third kappa shape index (κ3) is 5.82. The molecule has 0 saturated carbocycles. The zero-order valence-electron chi connectivity index (χ0n) is 11.5. The molecule has 102 valence electrons. The van der Waals surface area contributed by atoms with Crippen molar-refractivity contribution in [3.63, 3.8) is 0 Å². The fourth-order valence-corrected chi connectivity index (χ4v) is 2.25. The van der Waals surface area contributed by atoms with Gasteiger partial charge in [0.05, 0.1) is 18.8 Å². The van der Waals surface area contributed by atoms with Crippen molar-refractivity contribution in [2.24, 2.45) is 0 Å². The van der Waals surface area contributed by atoms with Crippen LogP contribution < -0.4 is 5.32 Å². The molecule has 0 aromatic heterocycles. The number of aliphatic hydroxyl groups is 1. The standard InChI is InChI=1S/C13H28N2O2/c1-4-6-14-12(10-16)5-7-15-8-9-17-13(2,3)11-15/h12,14,16H,4-11H2,1-3H3. The van der Waals surface area contributed by atoms with Gasteiger partial charge in [-0.25, -0.2) is 0 Å². The molecule has 4 heteroatoms. The topological polar surface area (TPSA) is 44.7 Å². The zero-order valence-corrected chi connectivity index (χ0v) is 11.5. The van der Waals surface area contributed by atoms with Gasteiger partial charge in [-0.2, -0.15) is 0 Å². The van der Waals surface area contributed by atoms with E-state index in [1.807, 2.05) is 0 Å². The van der Waals surface area contributed by atoms with Crippen LogP contribution in [0.4, 0.5) is 0 Å². The molecule has 1 fully saturated rings. The second-order valence-corrected chi connectivity index (χ2v) is 5.51. The Kier molecular flexibility index (Phi) is 6.41. The molecule has 1 unspecified atom stereocenters. The number of nitrogens with one attached hydrogen (secondary N) is 1. The molecule has 0 bridgehead atoms. The van der Waals surface area contributed by atoms with Crippen LogP contribution >= 0.6 is 0 Å². The van der Waals surface area contributed by atoms with E-state index in [0.717, 1.165) is 45.6 Å². The minimum Gasteiger partial charge on any atom is -0.395 e. The fourth-order valence-electron chi connectivity index (χ4n) is 2.25. The molecule has 0 aromatic rings. The first-order valence-corrected chi connectivity index (χ1v) is 6.78. The van der Waals surface area contributed by atoms with Crippen molar-refractivity contribution in [3.05, 3.63) is 0 Å². The Morgan fingerprint density at radius 2 is 2.24 bits per heavy atom. The summed E-state index contributed by atoms with van der Waals surface area (Å²) < 4.78 is 5.69. The van der Waals surface area contributed by atoms with E-state index < -0.39 is 0 Å². The number of hydrogen-bond acceptors (Lipinski definition) is 4. The van der Waals surface area contributed by atoms with E-state index in [1.54, 1.807) is 0 Å². The van der Waals surface area contributed by atoms with E-state index >= 15 is 0 Å². The molecule has 2 N–H and O–H groups in total. The van der Waals surface area contributed by atoms with Crippen LogP contribution in [0.2, 0.25) is 0 Å². The summed E-state index contributed by atoms with van der Waals surface area (Å²) in [6, 6.07) is 0.237. The van der Waals surface area contributed by atoms with Gasteiger partial charge in [0.1, 0.15) is 0 Å². The van der Waals surface area contributed by atoms with Gasteiger partial charge in [0.15, 0.2) is 0 Å². The van der Waals surface area contributed by atoms with Gasteiger partial charge >= 0.3 is 0 Å². The second kappa shape index (κ2) is 7.31. The van der Waals surface area contributed by atoms with Crippen LogP contribution in [0, 0.1) is 0 Å². The molecular formula is C13H28N2O2. The van der Waals surface area contributed by atoms with Crippen LogP contribution in [0.1, 0.15) is 33.6 Å². The van der Waals surface area contributed by atoms with E-state index in [4.69, 9.17) is 4.74 Å². The van der Waals surface area contributed by atoms with Crippen molar-refractivity contribution in [2.75, 3.05) is 39.4 Å². The SMILES string of the molecule is CCCNC(CO)CCN1CCOC(C)(C)C1. The van der Waals surface area contributed by atoms with Gasteiger partial charge in [-0.1, -0.05) is 6.92 Å². The predicted octanol–water partition coefficient (Wildman–Crippen LogP) is 0.848. The summed E-state index contributed by atoms with van der Waals surface area (Å²) in [6.07, 6.45) is 2.12. The molecule has 1 saturated heterocycles. The van der Waals surface area contributed by atoms with Crippen molar-refractivity contribution in [2.45, 2.75) is 45.3 Å². The Hall–Kier alpha value is -0.160. The van der Waals surface area contributed by atoms with Gasteiger partial charge in [0.2, 0.25) is 0 Å². The fraction of sp³-hybridized carbons (Fsp3) is 1.00. The number of aliphatic hydroxyl groups excluding tert-OH is 1. The van der Waals surface area contributed by atoms with Gasteiger partial charge in [0.25, 0.3) is 0 Å². The lowest BCUT2D eigenvalue weighted by Gasteiger charge is -2.38. The van der Waals surface area contributed by atoms with E-state index in [2.05, 4.69) is 31.0 Å². The highest BCUT2D eigenvalue weighted by molar-refractivity contribution is 4.80. The summed E-state index contributed by atoms with van der Waals surface area (Å²) in [5, 5.41) is 12.7. The predicted molar refractivity (Wildman–Crippen MR) is 70.3 cm³/mol. The monoisotopic (exact) mass is 244 g/mol. The molecule has 17 heavy (non-hydrogen) atoms. The van der Waals surface area contributed by atoms with Crippen LogP contribution in [0.3, 0.4) is 0 Å². The maximum Gasteiger partial charge on any atom is 0.0753 e. The maximum atomic E-state index is 9.28. The smallest absolute Gasteiger partial charge is 0.0753 e. The Labute approximate surface area is 105 Å². The number of ether oxygens (including phenoxy) is 1. The summed E-state index contributed by atoms with van der Waals surface area (Å²) in [6.45, 7) is 11.5. The van der Waals surface area contributed by atoms with Crippen LogP contribution in [-0.2, 0) is 4.74 Å².